The Labute approximate surface area is 145 Å². The average Bonchev–Trinajstić information content (AvgIpc) is 2.84. The molecule has 0 bridgehead atoms. The molecule has 0 aromatic heterocycles. The first-order valence-corrected chi connectivity index (χ1v) is 9.07. The number of carbonyl (C=O) groups excluding carboxylic acids is 1. The van der Waals surface area contributed by atoms with Crippen LogP contribution in [-0.2, 0) is 4.79 Å². The van der Waals surface area contributed by atoms with Crippen LogP contribution in [0.3, 0.4) is 0 Å². The highest BCUT2D eigenvalue weighted by atomic mass is 16.2. The third-order valence-electron chi connectivity index (χ3n) is 5.03. The van der Waals surface area contributed by atoms with E-state index in [1.807, 2.05) is 11.0 Å². The van der Waals surface area contributed by atoms with Crippen molar-refractivity contribution in [3.8, 4) is 0 Å². The maximum Gasteiger partial charge on any atom is 0.255 e. The summed E-state index contributed by atoms with van der Waals surface area (Å²) >= 11 is 0. The predicted octanol–water partition coefficient (Wildman–Crippen LogP) is 4.38. The minimum absolute atomic E-state index is 0.124. The molecule has 0 atom stereocenters. The van der Waals surface area contributed by atoms with E-state index in [1.165, 1.54) is 24.8 Å². The molecule has 0 saturated carbocycles. The first kappa shape index (κ1) is 17.0. The summed E-state index contributed by atoms with van der Waals surface area (Å²) in [7, 11) is 0. The average molecular weight is 324 g/mol. The molecule has 2 saturated heterocycles. The summed E-state index contributed by atoms with van der Waals surface area (Å²) in [6.07, 6.45) is 6.47. The lowest BCUT2D eigenvalue weighted by Gasteiger charge is -2.30. The summed E-state index contributed by atoms with van der Waals surface area (Å²) in [6, 6.07) is 8.50. The van der Waals surface area contributed by atoms with Crippen molar-refractivity contribution in [3.63, 3.8) is 0 Å². The van der Waals surface area contributed by atoms with Crippen LogP contribution < -0.4 is 0 Å². The molecule has 0 N–H and O–H groups in total. The normalized spacial score (nSPS) is 21.3. The highest BCUT2D eigenvalue weighted by molar-refractivity contribution is 6.02. The van der Waals surface area contributed by atoms with Gasteiger partial charge in [0.25, 0.3) is 5.91 Å². The van der Waals surface area contributed by atoms with Crippen molar-refractivity contribution in [3.05, 3.63) is 53.2 Å². The molecule has 0 unspecified atom stereocenters. The number of hydrogen-bond donors (Lipinski definition) is 0. The van der Waals surface area contributed by atoms with Gasteiger partial charge < -0.3 is 0 Å². The fourth-order valence-corrected chi connectivity index (χ4v) is 3.46. The Morgan fingerprint density at radius 3 is 2.42 bits per heavy atom. The van der Waals surface area contributed by atoms with Crippen molar-refractivity contribution in [1.29, 1.82) is 0 Å². The Morgan fingerprint density at radius 1 is 1.12 bits per heavy atom. The number of hydrogen-bond acceptors (Lipinski definition) is 2. The molecular weight excluding hydrogens is 296 g/mol. The molecule has 2 aliphatic heterocycles. The van der Waals surface area contributed by atoms with Gasteiger partial charge in [0, 0.05) is 17.7 Å². The van der Waals surface area contributed by atoms with Gasteiger partial charge in [-0.3, -0.25) is 14.6 Å². The number of carbonyl (C=O) groups is 1. The quantitative estimate of drug-likeness (QED) is 0.767. The van der Waals surface area contributed by atoms with Crippen LogP contribution in [0, 0.1) is 0 Å². The fraction of sp³-hybridized carbons (Fsp3) is 0.476. The molecule has 3 nitrogen and oxygen atoms in total. The van der Waals surface area contributed by atoms with Crippen molar-refractivity contribution in [2.75, 3.05) is 19.8 Å². The second-order valence-electron chi connectivity index (χ2n) is 7.29. The summed E-state index contributed by atoms with van der Waals surface area (Å²) in [5.41, 5.74) is 4.20. The van der Waals surface area contributed by atoms with E-state index in [-0.39, 0.29) is 5.91 Å². The monoisotopic (exact) mass is 324 g/mol. The van der Waals surface area contributed by atoms with Gasteiger partial charge in [-0.15, -0.1) is 0 Å². The van der Waals surface area contributed by atoms with E-state index in [0.717, 1.165) is 29.9 Å². The van der Waals surface area contributed by atoms with Crippen molar-refractivity contribution in [1.82, 2.24) is 9.80 Å². The van der Waals surface area contributed by atoms with Crippen LogP contribution in [0.25, 0.3) is 6.08 Å². The molecule has 0 radical (unpaired) electrons. The van der Waals surface area contributed by atoms with Gasteiger partial charge in [0.2, 0.25) is 0 Å². The summed E-state index contributed by atoms with van der Waals surface area (Å²) in [5.74, 6) is 0.651. The molecule has 1 aromatic rings. The number of amides is 1. The minimum Gasteiger partial charge on any atom is -0.299 e. The number of benzene rings is 1. The first-order chi connectivity index (χ1) is 11.5. The second kappa shape index (κ2) is 7.35. The van der Waals surface area contributed by atoms with Gasteiger partial charge in [0.15, 0.2) is 0 Å². The third-order valence-corrected chi connectivity index (χ3v) is 5.03. The predicted molar refractivity (Wildman–Crippen MR) is 99.4 cm³/mol. The van der Waals surface area contributed by atoms with Crippen LogP contribution in [0.5, 0.6) is 0 Å². The Balaban J connectivity index is 1.70. The fourth-order valence-electron chi connectivity index (χ4n) is 3.46. The van der Waals surface area contributed by atoms with E-state index >= 15 is 0 Å². The number of piperidine rings is 1. The van der Waals surface area contributed by atoms with Gasteiger partial charge in [0.05, 0.1) is 6.67 Å². The summed E-state index contributed by atoms with van der Waals surface area (Å²) in [5, 5.41) is 0. The maximum atomic E-state index is 12.7. The third kappa shape index (κ3) is 3.78. The smallest absolute Gasteiger partial charge is 0.255 e. The molecule has 128 valence electrons. The zero-order valence-electron chi connectivity index (χ0n) is 14.9. The van der Waals surface area contributed by atoms with Gasteiger partial charge >= 0.3 is 0 Å². The van der Waals surface area contributed by atoms with Gasteiger partial charge in [-0.1, -0.05) is 51.1 Å². The van der Waals surface area contributed by atoms with Gasteiger partial charge in [-0.05, 0) is 49.1 Å². The summed E-state index contributed by atoms with van der Waals surface area (Å²) in [6.45, 7) is 11.4. The van der Waals surface area contributed by atoms with Crippen molar-refractivity contribution in [2.45, 2.75) is 45.4 Å². The standard InChI is InChI=1S/C21H28N2O/c1-16(2)19-9-7-18(8-10-19)14-20-13-17(3)23(21(20)24)15-22-11-5-4-6-12-22/h7-10,14,16H,3-6,11-13,15H2,1-2H3/b20-14+. The van der Waals surface area contributed by atoms with Crippen LogP contribution in [0.4, 0.5) is 0 Å². The Kier molecular flexibility index (Phi) is 5.20. The zero-order valence-corrected chi connectivity index (χ0v) is 14.9. The van der Waals surface area contributed by atoms with E-state index in [9.17, 15) is 4.79 Å². The van der Waals surface area contributed by atoms with Crippen LogP contribution >= 0.6 is 0 Å². The molecule has 24 heavy (non-hydrogen) atoms. The van der Waals surface area contributed by atoms with E-state index in [2.05, 4.69) is 49.6 Å². The highest BCUT2D eigenvalue weighted by Crippen LogP contribution is 2.29. The molecule has 1 amide bonds. The SMILES string of the molecule is C=C1C/C(=C\c2ccc(C(C)C)cc2)C(=O)N1CN1CCCCC1. The molecule has 0 aliphatic carbocycles. The lowest BCUT2D eigenvalue weighted by molar-refractivity contribution is -0.125. The molecule has 3 heteroatoms. The van der Waals surface area contributed by atoms with Gasteiger partial charge in [0.1, 0.15) is 0 Å². The highest BCUT2D eigenvalue weighted by Gasteiger charge is 2.30. The molecular formula is C21H28N2O. The van der Waals surface area contributed by atoms with Crippen LogP contribution in [0.1, 0.15) is 56.6 Å². The molecule has 0 spiro atoms. The minimum atomic E-state index is 0.124. The van der Waals surface area contributed by atoms with Crippen molar-refractivity contribution in [2.24, 2.45) is 0 Å². The van der Waals surface area contributed by atoms with E-state index < -0.39 is 0 Å². The lowest BCUT2D eigenvalue weighted by atomic mass is 10.0. The summed E-state index contributed by atoms with van der Waals surface area (Å²) < 4.78 is 0. The Bertz CT molecular complexity index is 636. The van der Waals surface area contributed by atoms with E-state index in [0.29, 0.717) is 19.0 Å². The molecule has 2 heterocycles. The molecule has 2 aliphatic rings. The molecule has 1 aromatic carbocycles. The largest absolute Gasteiger partial charge is 0.299 e. The van der Waals surface area contributed by atoms with Crippen LogP contribution in [0.2, 0.25) is 0 Å². The van der Waals surface area contributed by atoms with Crippen LogP contribution in [-0.4, -0.2) is 35.5 Å². The number of nitrogens with zero attached hydrogens (tertiary/aromatic N) is 2. The Hall–Kier alpha value is -1.87. The molecule has 3 rings (SSSR count). The second-order valence-corrected chi connectivity index (χ2v) is 7.29. The van der Waals surface area contributed by atoms with Gasteiger partial charge in [-0.2, -0.15) is 0 Å². The maximum absolute atomic E-state index is 12.7. The number of likely N-dealkylation sites (tertiary alicyclic amines) is 2. The summed E-state index contributed by atoms with van der Waals surface area (Å²) in [4.78, 5) is 17.0. The lowest BCUT2D eigenvalue weighted by Crippen LogP contribution is -2.40. The van der Waals surface area contributed by atoms with Crippen LogP contribution in [0.15, 0.2) is 42.1 Å². The van der Waals surface area contributed by atoms with Crippen molar-refractivity contribution < 1.29 is 4.79 Å². The number of allylic oxidation sites excluding steroid dienone is 1. The van der Waals surface area contributed by atoms with Crippen molar-refractivity contribution >= 4 is 12.0 Å². The first-order valence-electron chi connectivity index (χ1n) is 9.07. The van der Waals surface area contributed by atoms with E-state index in [4.69, 9.17) is 0 Å². The Morgan fingerprint density at radius 2 is 1.79 bits per heavy atom. The molecule has 2 fully saturated rings. The van der Waals surface area contributed by atoms with E-state index in [1.54, 1.807) is 0 Å². The zero-order chi connectivity index (χ0) is 17.1. The van der Waals surface area contributed by atoms with Gasteiger partial charge in [-0.25, -0.2) is 0 Å². The number of rotatable bonds is 4. The topological polar surface area (TPSA) is 23.6 Å².